The minimum absolute atomic E-state index is 0.171. The zero-order chi connectivity index (χ0) is 25.2. The van der Waals surface area contributed by atoms with Crippen LogP contribution < -0.4 is 5.32 Å². The molecule has 186 valence electrons. The molecular formula is C11H17FN5O13P3. The normalized spacial score (nSPS) is 31.5. The van der Waals surface area contributed by atoms with Crippen LogP contribution >= 0.6 is 23.5 Å². The molecule has 6 atom stereocenters. The van der Waals surface area contributed by atoms with Crippen LogP contribution in [0.2, 0.25) is 0 Å². The molecule has 2 aliphatic rings. The van der Waals surface area contributed by atoms with E-state index in [1.807, 2.05) is 0 Å². The van der Waals surface area contributed by atoms with Gasteiger partial charge in [0, 0.05) is 17.2 Å². The van der Waals surface area contributed by atoms with Gasteiger partial charge >= 0.3 is 23.5 Å². The second-order valence-electron chi connectivity index (χ2n) is 6.37. The monoisotopic (exact) mass is 539 g/mol. The highest BCUT2D eigenvalue weighted by atomic mass is 31.3. The molecule has 0 aromatic carbocycles. The molecule has 33 heavy (non-hydrogen) atoms. The Morgan fingerprint density at radius 3 is 2.48 bits per heavy atom. The number of ether oxygens (including phenoxy) is 1. The van der Waals surface area contributed by atoms with Crippen LogP contribution in [0.3, 0.4) is 0 Å². The van der Waals surface area contributed by atoms with Crippen molar-refractivity contribution in [3.63, 3.8) is 0 Å². The van der Waals surface area contributed by atoms with Crippen LogP contribution in [0.1, 0.15) is 0 Å². The molecule has 6 N–H and O–H groups in total. The summed E-state index contributed by atoms with van der Waals surface area (Å²) >= 11 is 0. The molecule has 1 saturated heterocycles. The molecular weight excluding hydrogens is 522 g/mol. The van der Waals surface area contributed by atoms with E-state index in [4.69, 9.17) is 20.1 Å². The molecule has 2 rings (SSSR count). The molecule has 0 aliphatic carbocycles. The molecule has 2 aliphatic heterocycles. The first-order chi connectivity index (χ1) is 15.0. The molecule has 2 heterocycles. The standard InChI is InChI=1S/C11H17FN5O13P3/c1-6-15-7(18)2-3-17(6)10-8(12)9(19)11(28-10,4-14-16-13)5-27-32(23,24)30-33(25,26)29-31(20,21)22/h2-3,8-10,19H,1,4-5H2,(H,15,18)(H,23,24)(H,25,26)(H2,20,21,22)/t8-,9+,10-,11-/m1/s1. The lowest BCUT2D eigenvalue weighted by molar-refractivity contribution is -0.130. The molecule has 0 aromatic heterocycles. The highest BCUT2D eigenvalue weighted by Gasteiger charge is 2.58. The van der Waals surface area contributed by atoms with Gasteiger partial charge in [-0.3, -0.25) is 9.32 Å². The van der Waals surface area contributed by atoms with E-state index >= 15 is 0 Å². The van der Waals surface area contributed by atoms with E-state index < -0.39 is 66.6 Å². The molecule has 0 radical (unpaired) electrons. The summed E-state index contributed by atoms with van der Waals surface area (Å²) in [5.74, 6) is -0.770. The van der Waals surface area contributed by atoms with E-state index in [-0.39, 0.29) is 5.82 Å². The Morgan fingerprint density at radius 2 is 1.94 bits per heavy atom. The van der Waals surface area contributed by atoms with Gasteiger partial charge in [-0.25, -0.2) is 18.1 Å². The van der Waals surface area contributed by atoms with Crippen molar-refractivity contribution in [1.82, 2.24) is 10.2 Å². The largest absolute Gasteiger partial charge is 0.490 e. The summed E-state index contributed by atoms with van der Waals surface area (Å²) in [5, 5.41) is 15.7. The highest BCUT2D eigenvalue weighted by Crippen LogP contribution is 2.66. The summed E-state index contributed by atoms with van der Waals surface area (Å²) in [4.78, 5) is 50.5. The van der Waals surface area contributed by atoms with Crippen LogP contribution in [0.4, 0.5) is 4.39 Å². The first-order valence-electron chi connectivity index (χ1n) is 8.26. The van der Waals surface area contributed by atoms with Crippen molar-refractivity contribution < 1.29 is 65.4 Å². The number of azide groups is 1. The Balaban J connectivity index is 2.25. The quantitative estimate of drug-likeness (QED) is 0.0912. The van der Waals surface area contributed by atoms with Crippen LogP contribution in [0.5, 0.6) is 0 Å². The zero-order valence-corrected chi connectivity index (χ0v) is 18.7. The first-order valence-corrected chi connectivity index (χ1v) is 12.8. The summed E-state index contributed by atoms with van der Waals surface area (Å²) in [5.41, 5.74) is 6.20. The minimum Gasteiger partial charge on any atom is -0.387 e. The third-order valence-corrected chi connectivity index (χ3v) is 7.78. The molecule has 1 fully saturated rings. The fraction of sp³-hybridized carbons (Fsp3) is 0.545. The molecule has 0 spiro atoms. The van der Waals surface area contributed by atoms with Gasteiger partial charge in [0.05, 0.1) is 13.2 Å². The number of rotatable bonds is 10. The molecule has 1 amide bonds. The van der Waals surface area contributed by atoms with Gasteiger partial charge in [-0.2, -0.15) is 8.62 Å². The highest BCUT2D eigenvalue weighted by molar-refractivity contribution is 7.66. The third-order valence-electron chi connectivity index (χ3n) is 4.00. The van der Waals surface area contributed by atoms with Gasteiger partial charge in [0.1, 0.15) is 17.5 Å². The summed E-state index contributed by atoms with van der Waals surface area (Å²) in [7, 11) is -17.2. The number of nitrogens with one attached hydrogen (secondary N) is 1. The minimum atomic E-state index is -5.85. The third kappa shape index (κ3) is 7.15. The van der Waals surface area contributed by atoms with Crippen LogP contribution in [0.15, 0.2) is 29.8 Å². The topological polar surface area (TPSA) is 270 Å². The summed E-state index contributed by atoms with van der Waals surface area (Å²) < 4.78 is 65.9. The van der Waals surface area contributed by atoms with Crippen molar-refractivity contribution in [2.24, 2.45) is 5.11 Å². The zero-order valence-electron chi connectivity index (χ0n) is 16.0. The van der Waals surface area contributed by atoms with Crippen LogP contribution in [-0.2, 0) is 36.4 Å². The number of carbonyl (C=O) groups excluding carboxylic acids is 1. The van der Waals surface area contributed by atoms with Gasteiger partial charge in [0.2, 0.25) is 0 Å². The van der Waals surface area contributed by atoms with Gasteiger partial charge in [-0.1, -0.05) is 11.7 Å². The molecule has 18 nitrogen and oxygen atoms in total. The average molecular weight is 539 g/mol. The molecule has 22 heteroatoms. The fourth-order valence-corrected chi connectivity index (χ4v) is 5.77. The van der Waals surface area contributed by atoms with E-state index in [0.29, 0.717) is 0 Å². The number of halogens is 1. The summed E-state index contributed by atoms with van der Waals surface area (Å²) in [6.07, 6.45) is -4.20. The Hall–Kier alpha value is -1.68. The Bertz CT molecular complexity index is 1030. The number of alkyl halides is 1. The average Bonchev–Trinajstić information content (AvgIpc) is 2.88. The Labute approximate surface area is 183 Å². The van der Waals surface area contributed by atoms with E-state index in [1.165, 1.54) is 0 Å². The van der Waals surface area contributed by atoms with Gasteiger partial charge in [0.25, 0.3) is 5.91 Å². The van der Waals surface area contributed by atoms with Crippen molar-refractivity contribution in [3.8, 4) is 0 Å². The lowest BCUT2D eigenvalue weighted by Crippen LogP contribution is -2.48. The van der Waals surface area contributed by atoms with Crippen LogP contribution in [0, 0.1) is 0 Å². The summed E-state index contributed by atoms with van der Waals surface area (Å²) in [6, 6.07) is 0. The van der Waals surface area contributed by atoms with E-state index in [9.17, 15) is 37.8 Å². The number of phosphoric acid groups is 3. The lowest BCUT2D eigenvalue weighted by Gasteiger charge is -2.34. The number of phosphoric ester groups is 1. The number of carbonyl (C=O) groups is 1. The second-order valence-corrected chi connectivity index (χ2v) is 10.8. The maximum absolute atomic E-state index is 14.9. The molecule has 0 bridgehead atoms. The number of amides is 1. The van der Waals surface area contributed by atoms with E-state index in [1.54, 1.807) is 0 Å². The molecule has 0 aromatic rings. The predicted molar refractivity (Wildman–Crippen MR) is 101 cm³/mol. The number of hydrogen-bond acceptors (Lipinski definition) is 11. The predicted octanol–water partition coefficient (Wildman–Crippen LogP) is -0.149. The Morgan fingerprint density at radius 1 is 1.30 bits per heavy atom. The van der Waals surface area contributed by atoms with Gasteiger partial charge < -0.3 is 39.6 Å². The molecule has 2 unspecified atom stereocenters. The number of aliphatic hydroxyl groups is 1. The second kappa shape index (κ2) is 9.90. The van der Waals surface area contributed by atoms with Crippen molar-refractivity contribution in [3.05, 3.63) is 35.1 Å². The number of nitrogens with zero attached hydrogens (tertiary/aromatic N) is 4. The maximum atomic E-state index is 14.9. The van der Waals surface area contributed by atoms with Gasteiger partial charge in [-0.05, 0) is 5.53 Å². The SMILES string of the molecule is C=C1NC(=O)C=CN1[C@@H]1O[C@](CN=[N+]=[N-])(COP(=O)(O)OP(=O)(O)OP(=O)(O)O)[C@@H](O)[C@H]1F. The smallest absolute Gasteiger partial charge is 0.387 e. The van der Waals surface area contributed by atoms with Crippen molar-refractivity contribution >= 4 is 29.4 Å². The fourth-order valence-electron chi connectivity index (χ4n) is 2.70. The van der Waals surface area contributed by atoms with Crippen molar-refractivity contribution in [1.29, 1.82) is 0 Å². The molecule has 0 saturated carbocycles. The van der Waals surface area contributed by atoms with Gasteiger partial charge in [0.15, 0.2) is 12.4 Å². The van der Waals surface area contributed by atoms with E-state index in [2.05, 4.69) is 35.1 Å². The van der Waals surface area contributed by atoms with E-state index in [0.717, 1.165) is 17.2 Å². The maximum Gasteiger partial charge on any atom is 0.490 e. The first kappa shape index (κ1) is 27.6. The van der Waals surface area contributed by atoms with Crippen molar-refractivity contribution in [2.75, 3.05) is 13.2 Å². The lowest BCUT2D eigenvalue weighted by atomic mass is 9.97. The van der Waals surface area contributed by atoms with Crippen LogP contribution in [-0.4, -0.2) is 72.7 Å². The summed E-state index contributed by atoms with van der Waals surface area (Å²) in [6.45, 7) is 1.28. The van der Waals surface area contributed by atoms with Gasteiger partial charge in [-0.15, -0.1) is 0 Å². The van der Waals surface area contributed by atoms with Crippen molar-refractivity contribution in [2.45, 2.75) is 24.1 Å². The van der Waals surface area contributed by atoms with Crippen LogP contribution in [0.25, 0.3) is 10.4 Å². The Kier molecular flexibility index (Phi) is 8.27. The number of aliphatic hydroxyl groups excluding tert-OH is 1. The number of hydrogen-bond donors (Lipinski definition) is 6.